The van der Waals surface area contributed by atoms with Crippen LogP contribution in [0.5, 0.6) is 0 Å². The van der Waals surface area contributed by atoms with Crippen LogP contribution in [0.4, 0.5) is 14.5 Å². The summed E-state index contributed by atoms with van der Waals surface area (Å²) < 4.78 is 31.5. The van der Waals surface area contributed by atoms with Crippen molar-refractivity contribution in [3.05, 3.63) is 65.2 Å². The molecule has 110 valence electrons. The van der Waals surface area contributed by atoms with Crippen LogP contribution in [0.1, 0.15) is 15.9 Å². The van der Waals surface area contributed by atoms with Gasteiger partial charge in [0, 0.05) is 19.3 Å². The molecule has 2 aromatic carbocycles. The van der Waals surface area contributed by atoms with Crippen LogP contribution in [0.15, 0.2) is 42.5 Å². The van der Waals surface area contributed by atoms with Crippen molar-refractivity contribution in [1.29, 1.82) is 0 Å². The standard InChI is InChI=1S/C16H15F2NO2/c1-19(13-5-3-4-12(17)9-13)10-11-6-7-14(15(18)8-11)16(20)21-2/h3-9H,10H2,1-2H3. The first kappa shape index (κ1) is 15.0. The minimum atomic E-state index is -0.711. The lowest BCUT2D eigenvalue weighted by Crippen LogP contribution is -2.17. The molecule has 5 heteroatoms. The van der Waals surface area contributed by atoms with Crippen LogP contribution in [0.2, 0.25) is 0 Å². The van der Waals surface area contributed by atoms with Crippen LogP contribution in [-0.4, -0.2) is 20.1 Å². The van der Waals surface area contributed by atoms with E-state index in [2.05, 4.69) is 4.74 Å². The highest BCUT2D eigenvalue weighted by molar-refractivity contribution is 5.89. The van der Waals surface area contributed by atoms with Gasteiger partial charge in [-0.05, 0) is 35.9 Å². The van der Waals surface area contributed by atoms with Gasteiger partial charge in [0.15, 0.2) is 0 Å². The Hall–Kier alpha value is -2.43. The van der Waals surface area contributed by atoms with Crippen molar-refractivity contribution >= 4 is 11.7 Å². The smallest absolute Gasteiger partial charge is 0.340 e. The number of carbonyl (C=O) groups is 1. The van der Waals surface area contributed by atoms with E-state index < -0.39 is 11.8 Å². The number of benzene rings is 2. The molecule has 0 saturated heterocycles. The van der Waals surface area contributed by atoms with E-state index in [0.29, 0.717) is 17.8 Å². The number of carbonyl (C=O) groups excluding carboxylic acids is 1. The largest absolute Gasteiger partial charge is 0.465 e. The Morgan fingerprint density at radius 2 is 1.95 bits per heavy atom. The Balaban J connectivity index is 2.16. The molecule has 0 spiro atoms. The van der Waals surface area contributed by atoms with Gasteiger partial charge >= 0.3 is 5.97 Å². The first-order chi connectivity index (χ1) is 10.0. The molecule has 2 rings (SSSR count). The van der Waals surface area contributed by atoms with E-state index in [1.165, 1.54) is 31.4 Å². The van der Waals surface area contributed by atoms with Crippen molar-refractivity contribution in [2.24, 2.45) is 0 Å². The second-order valence-corrected chi connectivity index (χ2v) is 4.64. The lowest BCUT2D eigenvalue weighted by molar-refractivity contribution is 0.0595. The van der Waals surface area contributed by atoms with Crippen LogP contribution >= 0.6 is 0 Å². The zero-order valence-corrected chi connectivity index (χ0v) is 11.8. The molecule has 0 aliphatic heterocycles. The minimum Gasteiger partial charge on any atom is -0.465 e. The van der Waals surface area contributed by atoms with E-state index in [1.807, 2.05) is 0 Å². The molecule has 0 radical (unpaired) electrons. The van der Waals surface area contributed by atoms with Crippen LogP contribution in [0.25, 0.3) is 0 Å². The van der Waals surface area contributed by atoms with Gasteiger partial charge in [-0.1, -0.05) is 12.1 Å². The molecular weight excluding hydrogens is 276 g/mol. The number of hydrogen-bond donors (Lipinski definition) is 0. The van der Waals surface area contributed by atoms with Gasteiger partial charge in [0.25, 0.3) is 0 Å². The van der Waals surface area contributed by atoms with Crippen molar-refractivity contribution in [3.63, 3.8) is 0 Å². The average molecular weight is 291 g/mol. The summed E-state index contributed by atoms with van der Waals surface area (Å²) in [7, 11) is 2.98. The summed E-state index contributed by atoms with van der Waals surface area (Å²) in [4.78, 5) is 13.1. The number of esters is 1. The Kier molecular flexibility index (Phi) is 4.52. The Morgan fingerprint density at radius 3 is 2.57 bits per heavy atom. The summed E-state index contributed by atoms with van der Waals surface area (Å²) in [6.07, 6.45) is 0. The molecule has 0 aliphatic carbocycles. The Bertz CT molecular complexity index is 658. The quantitative estimate of drug-likeness (QED) is 0.809. The maximum absolute atomic E-state index is 13.8. The summed E-state index contributed by atoms with van der Waals surface area (Å²) in [5, 5.41) is 0. The van der Waals surface area contributed by atoms with E-state index in [9.17, 15) is 13.6 Å². The van der Waals surface area contributed by atoms with E-state index in [0.717, 1.165) is 0 Å². The third kappa shape index (κ3) is 3.56. The SMILES string of the molecule is COC(=O)c1ccc(CN(C)c2cccc(F)c2)cc1F. The summed E-state index contributed by atoms with van der Waals surface area (Å²) >= 11 is 0. The zero-order chi connectivity index (χ0) is 15.4. The maximum Gasteiger partial charge on any atom is 0.340 e. The number of hydrogen-bond acceptors (Lipinski definition) is 3. The fraction of sp³-hybridized carbons (Fsp3) is 0.188. The molecular formula is C16H15F2NO2. The number of methoxy groups -OCH3 is 1. The highest BCUT2D eigenvalue weighted by Gasteiger charge is 2.13. The van der Waals surface area contributed by atoms with Gasteiger partial charge < -0.3 is 9.64 Å². The van der Waals surface area contributed by atoms with E-state index in [4.69, 9.17) is 0 Å². The molecule has 0 aliphatic rings. The van der Waals surface area contributed by atoms with Gasteiger partial charge in [-0.25, -0.2) is 13.6 Å². The molecule has 3 nitrogen and oxygen atoms in total. The number of halogens is 2. The van der Waals surface area contributed by atoms with Crippen LogP contribution in [0.3, 0.4) is 0 Å². The molecule has 0 bridgehead atoms. The van der Waals surface area contributed by atoms with Crippen molar-refractivity contribution in [3.8, 4) is 0 Å². The third-order valence-electron chi connectivity index (χ3n) is 3.11. The molecule has 0 saturated carbocycles. The van der Waals surface area contributed by atoms with Gasteiger partial charge in [0.05, 0.1) is 12.7 Å². The van der Waals surface area contributed by atoms with E-state index >= 15 is 0 Å². The molecule has 0 fully saturated rings. The number of nitrogens with zero attached hydrogens (tertiary/aromatic N) is 1. The molecule has 21 heavy (non-hydrogen) atoms. The molecule has 0 N–H and O–H groups in total. The van der Waals surface area contributed by atoms with Gasteiger partial charge in [-0.15, -0.1) is 0 Å². The first-order valence-corrected chi connectivity index (χ1v) is 6.34. The van der Waals surface area contributed by atoms with E-state index in [-0.39, 0.29) is 11.4 Å². The fourth-order valence-corrected chi connectivity index (χ4v) is 2.01. The van der Waals surface area contributed by atoms with Crippen molar-refractivity contribution in [2.45, 2.75) is 6.54 Å². The molecule has 0 atom stereocenters. The van der Waals surface area contributed by atoms with Crippen LogP contribution in [-0.2, 0) is 11.3 Å². The van der Waals surface area contributed by atoms with Crippen molar-refractivity contribution in [1.82, 2.24) is 0 Å². The average Bonchev–Trinajstić information content (AvgIpc) is 2.46. The monoisotopic (exact) mass is 291 g/mol. The lowest BCUT2D eigenvalue weighted by atomic mass is 10.1. The number of anilines is 1. The maximum atomic E-state index is 13.8. The highest BCUT2D eigenvalue weighted by Crippen LogP contribution is 2.18. The summed E-state index contributed by atoms with van der Waals surface area (Å²) in [6, 6.07) is 10.5. The molecule has 0 heterocycles. The summed E-state index contributed by atoms with van der Waals surface area (Å²) in [5.74, 6) is -1.67. The van der Waals surface area contributed by atoms with Gasteiger partial charge in [0.1, 0.15) is 11.6 Å². The summed E-state index contributed by atoms with van der Waals surface area (Å²) in [5.41, 5.74) is 1.26. The van der Waals surface area contributed by atoms with Gasteiger partial charge in [-0.2, -0.15) is 0 Å². The molecule has 2 aromatic rings. The normalized spacial score (nSPS) is 10.3. The zero-order valence-electron chi connectivity index (χ0n) is 11.8. The topological polar surface area (TPSA) is 29.5 Å². The Morgan fingerprint density at radius 1 is 1.19 bits per heavy atom. The molecule has 0 unspecified atom stereocenters. The fourth-order valence-electron chi connectivity index (χ4n) is 2.01. The predicted molar refractivity (Wildman–Crippen MR) is 76.2 cm³/mol. The highest BCUT2D eigenvalue weighted by atomic mass is 19.1. The first-order valence-electron chi connectivity index (χ1n) is 6.34. The van der Waals surface area contributed by atoms with Crippen LogP contribution in [0, 0.1) is 11.6 Å². The number of ether oxygens (including phenoxy) is 1. The van der Waals surface area contributed by atoms with Gasteiger partial charge in [0.2, 0.25) is 0 Å². The van der Waals surface area contributed by atoms with Crippen molar-refractivity contribution in [2.75, 3.05) is 19.1 Å². The number of rotatable bonds is 4. The van der Waals surface area contributed by atoms with Gasteiger partial charge in [-0.3, -0.25) is 0 Å². The minimum absolute atomic E-state index is 0.102. The van der Waals surface area contributed by atoms with E-state index in [1.54, 1.807) is 30.1 Å². The lowest BCUT2D eigenvalue weighted by Gasteiger charge is -2.19. The third-order valence-corrected chi connectivity index (χ3v) is 3.11. The predicted octanol–water partition coefficient (Wildman–Crippen LogP) is 3.39. The van der Waals surface area contributed by atoms with Crippen LogP contribution < -0.4 is 4.90 Å². The summed E-state index contributed by atoms with van der Waals surface area (Å²) in [6.45, 7) is 0.391. The molecule has 0 aromatic heterocycles. The van der Waals surface area contributed by atoms with Crippen molar-refractivity contribution < 1.29 is 18.3 Å². The second kappa shape index (κ2) is 6.35. The second-order valence-electron chi connectivity index (χ2n) is 4.64. The Labute approximate surface area is 121 Å². The molecule has 0 amide bonds.